The Morgan fingerprint density at radius 3 is 2.67 bits per heavy atom. The predicted molar refractivity (Wildman–Crippen MR) is 104 cm³/mol. The van der Waals surface area contributed by atoms with Crippen molar-refractivity contribution in [1.29, 1.82) is 0 Å². The van der Waals surface area contributed by atoms with Crippen molar-refractivity contribution in [3.8, 4) is 5.69 Å². The van der Waals surface area contributed by atoms with Crippen molar-refractivity contribution in [2.45, 2.75) is 38.7 Å². The quantitative estimate of drug-likeness (QED) is 0.785. The maximum atomic E-state index is 12.9. The van der Waals surface area contributed by atoms with Crippen molar-refractivity contribution < 1.29 is 9.53 Å². The van der Waals surface area contributed by atoms with Crippen molar-refractivity contribution in [1.82, 2.24) is 9.36 Å². The summed E-state index contributed by atoms with van der Waals surface area (Å²) in [5.74, 6) is -0.00489. The fourth-order valence-corrected chi connectivity index (χ4v) is 3.92. The average molecular weight is 365 g/mol. The van der Waals surface area contributed by atoms with Gasteiger partial charge >= 0.3 is 0 Å². The van der Waals surface area contributed by atoms with E-state index in [-0.39, 0.29) is 23.4 Å². The van der Waals surface area contributed by atoms with Gasteiger partial charge in [-0.2, -0.15) is 0 Å². The Balaban J connectivity index is 1.66. The molecule has 0 spiro atoms. The number of nitrogens with zero attached hydrogens (tertiary/aromatic N) is 3. The first kappa shape index (κ1) is 17.5. The number of aromatic nitrogens is 2. The molecule has 1 aromatic heterocycles. The summed E-state index contributed by atoms with van der Waals surface area (Å²) in [5.41, 5.74) is 2.07. The molecule has 6 heteroatoms. The number of hydrogen-bond donors (Lipinski definition) is 0. The maximum absolute atomic E-state index is 12.9. The van der Waals surface area contributed by atoms with Gasteiger partial charge in [0.1, 0.15) is 6.10 Å². The maximum Gasteiger partial charge on any atom is 0.297 e. The lowest BCUT2D eigenvalue weighted by Gasteiger charge is -2.33. The molecule has 1 fully saturated rings. The van der Waals surface area contributed by atoms with Crippen molar-refractivity contribution in [2.24, 2.45) is 18.0 Å². The molecule has 1 saturated carbocycles. The molecule has 140 valence electrons. The van der Waals surface area contributed by atoms with Crippen molar-refractivity contribution in [3.05, 3.63) is 58.2 Å². The van der Waals surface area contributed by atoms with Gasteiger partial charge in [0.2, 0.25) is 0 Å². The van der Waals surface area contributed by atoms with Gasteiger partial charge in [0, 0.05) is 13.3 Å². The summed E-state index contributed by atoms with van der Waals surface area (Å²) in [6.45, 7) is 1.85. The van der Waals surface area contributed by atoms with E-state index < -0.39 is 0 Å². The van der Waals surface area contributed by atoms with E-state index >= 15 is 0 Å². The van der Waals surface area contributed by atoms with Gasteiger partial charge in [-0.15, -0.1) is 0 Å². The first-order valence-corrected chi connectivity index (χ1v) is 9.36. The smallest absolute Gasteiger partial charge is 0.297 e. The van der Waals surface area contributed by atoms with Crippen LogP contribution in [0.4, 0.5) is 5.69 Å². The summed E-state index contributed by atoms with van der Waals surface area (Å²) >= 11 is 0. The van der Waals surface area contributed by atoms with Crippen LogP contribution in [0.5, 0.6) is 0 Å². The minimum atomic E-state index is -0.210. The van der Waals surface area contributed by atoms with Crippen LogP contribution in [0.25, 0.3) is 5.69 Å². The second-order valence-electron chi connectivity index (χ2n) is 7.17. The SMILES string of the molecule is Cc1c(N=CC2=COC3CCCCC3C2=O)c(=O)n(-c2ccccc2)n1C. The number of allylic oxidation sites excluding steroid dienone is 1. The molecule has 6 nitrogen and oxygen atoms in total. The van der Waals surface area contributed by atoms with E-state index in [1.54, 1.807) is 9.36 Å². The lowest BCUT2D eigenvalue weighted by atomic mass is 9.80. The standard InChI is InChI=1S/C21H23N3O3/c1-14-19(21(26)24(23(14)2)16-8-4-3-5-9-16)22-12-15-13-27-18-11-7-6-10-17(18)20(15)25/h3-5,8-9,12-13,17-18H,6-7,10-11H2,1-2H3. The number of Topliss-reactive ketones (excluding diaryl/α,β-unsaturated/α-hetero) is 1. The second kappa shape index (κ2) is 7.02. The number of fused-ring (bicyclic) bond motifs is 1. The van der Waals surface area contributed by atoms with Crippen LogP contribution < -0.4 is 5.56 Å². The first-order chi connectivity index (χ1) is 13.1. The Labute approximate surface area is 157 Å². The molecule has 1 aromatic carbocycles. The lowest BCUT2D eigenvalue weighted by molar-refractivity contribution is -0.126. The van der Waals surface area contributed by atoms with Crippen LogP contribution in [0.3, 0.4) is 0 Å². The molecule has 0 saturated heterocycles. The van der Waals surface area contributed by atoms with Crippen LogP contribution in [0.2, 0.25) is 0 Å². The van der Waals surface area contributed by atoms with Crippen LogP contribution in [-0.4, -0.2) is 27.5 Å². The van der Waals surface area contributed by atoms with Crippen LogP contribution in [0.1, 0.15) is 31.4 Å². The van der Waals surface area contributed by atoms with E-state index in [0.29, 0.717) is 11.3 Å². The van der Waals surface area contributed by atoms with Crippen molar-refractivity contribution in [2.75, 3.05) is 0 Å². The summed E-state index contributed by atoms with van der Waals surface area (Å²) in [6.07, 6.45) is 6.93. The molecule has 2 aromatic rings. The van der Waals surface area contributed by atoms with Gasteiger partial charge in [0.25, 0.3) is 5.56 Å². The number of carbonyl (C=O) groups excluding carboxylic acids is 1. The molecular weight excluding hydrogens is 342 g/mol. The van der Waals surface area contributed by atoms with Gasteiger partial charge in [0.05, 0.1) is 29.1 Å². The van der Waals surface area contributed by atoms with Gasteiger partial charge in [0.15, 0.2) is 11.5 Å². The Hall–Kier alpha value is -2.89. The molecule has 2 heterocycles. The summed E-state index contributed by atoms with van der Waals surface area (Å²) in [5, 5.41) is 0. The van der Waals surface area contributed by atoms with Crippen LogP contribution in [0.15, 0.2) is 52.0 Å². The zero-order valence-corrected chi connectivity index (χ0v) is 15.6. The highest BCUT2D eigenvalue weighted by atomic mass is 16.5. The number of ketones is 1. The molecule has 1 aliphatic heterocycles. The molecule has 1 aliphatic carbocycles. The van der Waals surface area contributed by atoms with Gasteiger partial charge in [-0.05, 0) is 38.3 Å². The largest absolute Gasteiger partial charge is 0.496 e. The zero-order valence-electron chi connectivity index (χ0n) is 15.6. The van der Waals surface area contributed by atoms with E-state index in [9.17, 15) is 9.59 Å². The average Bonchev–Trinajstić information content (AvgIpc) is 2.91. The monoisotopic (exact) mass is 365 g/mol. The first-order valence-electron chi connectivity index (χ1n) is 9.36. The summed E-state index contributed by atoms with van der Waals surface area (Å²) in [7, 11) is 1.82. The zero-order chi connectivity index (χ0) is 19.0. The highest BCUT2D eigenvalue weighted by molar-refractivity contribution is 6.15. The normalized spacial score (nSPS) is 22.4. The van der Waals surface area contributed by atoms with E-state index in [1.807, 2.05) is 44.3 Å². The van der Waals surface area contributed by atoms with Gasteiger partial charge in [-0.3, -0.25) is 14.3 Å². The third-order valence-electron chi connectivity index (χ3n) is 5.55. The number of carbonyl (C=O) groups is 1. The Morgan fingerprint density at radius 2 is 1.89 bits per heavy atom. The minimum Gasteiger partial charge on any atom is -0.496 e. The predicted octanol–water partition coefficient (Wildman–Crippen LogP) is 3.23. The molecule has 0 N–H and O–H groups in total. The molecule has 2 unspecified atom stereocenters. The molecule has 27 heavy (non-hydrogen) atoms. The van der Waals surface area contributed by atoms with E-state index in [4.69, 9.17) is 4.74 Å². The Kier molecular flexibility index (Phi) is 4.56. The molecule has 2 aliphatic rings. The highest BCUT2D eigenvalue weighted by Crippen LogP contribution is 2.32. The van der Waals surface area contributed by atoms with Gasteiger partial charge in [-0.25, -0.2) is 9.67 Å². The summed E-state index contributed by atoms with van der Waals surface area (Å²) < 4.78 is 9.10. The molecule has 0 radical (unpaired) electrons. The third-order valence-corrected chi connectivity index (χ3v) is 5.55. The van der Waals surface area contributed by atoms with Crippen LogP contribution >= 0.6 is 0 Å². The Morgan fingerprint density at radius 1 is 1.15 bits per heavy atom. The fraction of sp³-hybridized carbons (Fsp3) is 0.381. The van der Waals surface area contributed by atoms with E-state index in [2.05, 4.69) is 4.99 Å². The van der Waals surface area contributed by atoms with Gasteiger partial charge < -0.3 is 4.74 Å². The fourth-order valence-electron chi connectivity index (χ4n) is 3.92. The highest BCUT2D eigenvalue weighted by Gasteiger charge is 2.36. The topological polar surface area (TPSA) is 65.6 Å². The molecular formula is C21H23N3O3. The van der Waals surface area contributed by atoms with Crippen LogP contribution in [0, 0.1) is 12.8 Å². The molecule has 0 amide bonds. The second-order valence-corrected chi connectivity index (χ2v) is 7.17. The number of ether oxygens (including phenoxy) is 1. The molecule has 4 rings (SSSR count). The van der Waals surface area contributed by atoms with Gasteiger partial charge in [-0.1, -0.05) is 24.6 Å². The van der Waals surface area contributed by atoms with E-state index in [0.717, 1.165) is 37.1 Å². The van der Waals surface area contributed by atoms with Crippen LogP contribution in [-0.2, 0) is 16.6 Å². The summed E-state index contributed by atoms with van der Waals surface area (Å²) in [6, 6.07) is 9.42. The molecule has 2 atom stereocenters. The van der Waals surface area contributed by atoms with Crippen molar-refractivity contribution in [3.63, 3.8) is 0 Å². The number of aliphatic imine (C=N–C) groups is 1. The lowest BCUT2D eigenvalue weighted by Crippen LogP contribution is -2.37. The third kappa shape index (κ3) is 3.05. The number of hydrogen-bond acceptors (Lipinski definition) is 4. The number of para-hydroxylation sites is 1. The number of benzene rings is 1. The minimum absolute atomic E-state index is 0.00262. The summed E-state index contributed by atoms with van der Waals surface area (Å²) in [4.78, 5) is 30.0. The number of rotatable bonds is 3. The van der Waals surface area contributed by atoms with Crippen molar-refractivity contribution >= 4 is 17.7 Å². The molecule has 0 bridgehead atoms. The Bertz CT molecular complexity index is 982. The van der Waals surface area contributed by atoms with E-state index in [1.165, 1.54) is 12.5 Å².